The number of ether oxygens (including phenoxy) is 1. The Morgan fingerprint density at radius 1 is 1.28 bits per heavy atom. The van der Waals surface area contributed by atoms with Gasteiger partial charge in [-0.2, -0.15) is 0 Å². The average molecular weight is 365 g/mol. The number of hydrogen-bond acceptors (Lipinski definition) is 3. The third-order valence-electron chi connectivity index (χ3n) is 5.06. The average Bonchev–Trinajstić information content (AvgIpc) is 2.60. The van der Waals surface area contributed by atoms with Crippen molar-refractivity contribution in [3.05, 3.63) is 34.9 Å². The molecule has 138 valence electrons. The molecule has 0 spiro atoms. The SMILES string of the molecule is CN=C(NCC1(C)COC1)NC1CCN(Cc2ccc(Cl)cc2)CC1. The minimum Gasteiger partial charge on any atom is -0.380 e. The number of nitrogens with zero attached hydrogens (tertiary/aromatic N) is 2. The molecule has 1 aromatic carbocycles. The summed E-state index contributed by atoms with van der Waals surface area (Å²) in [6.07, 6.45) is 2.27. The van der Waals surface area contributed by atoms with E-state index in [0.717, 1.165) is 63.2 Å². The Labute approximate surface area is 155 Å². The van der Waals surface area contributed by atoms with Crippen LogP contribution in [0.5, 0.6) is 0 Å². The third kappa shape index (κ3) is 5.33. The molecule has 6 heteroatoms. The Balaban J connectivity index is 1.39. The van der Waals surface area contributed by atoms with Gasteiger partial charge in [0.05, 0.1) is 13.2 Å². The van der Waals surface area contributed by atoms with Crippen LogP contribution in [0.2, 0.25) is 5.02 Å². The molecule has 0 aliphatic carbocycles. The van der Waals surface area contributed by atoms with Gasteiger partial charge < -0.3 is 15.4 Å². The van der Waals surface area contributed by atoms with Crippen LogP contribution in [0.4, 0.5) is 0 Å². The topological polar surface area (TPSA) is 48.9 Å². The van der Waals surface area contributed by atoms with Gasteiger partial charge >= 0.3 is 0 Å². The normalized spacial score (nSPS) is 21.6. The second-order valence-electron chi connectivity index (χ2n) is 7.55. The minimum absolute atomic E-state index is 0.250. The van der Waals surface area contributed by atoms with Crippen molar-refractivity contribution in [3.63, 3.8) is 0 Å². The molecular weight excluding hydrogens is 336 g/mol. The van der Waals surface area contributed by atoms with Gasteiger partial charge in [-0.25, -0.2) is 0 Å². The Kier molecular flexibility index (Phi) is 6.20. The van der Waals surface area contributed by atoms with Crippen molar-refractivity contribution < 1.29 is 4.74 Å². The number of nitrogens with one attached hydrogen (secondary N) is 2. The molecule has 0 atom stereocenters. The molecule has 0 saturated carbocycles. The van der Waals surface area contributed by atoms with Gasteiger partial charge in [-0.15, -0.1) is 0 Å². The fourth-order valence-electron chi connectivity index (χ4n) is 3.32. The van der Waals surface area contributed by atoms with E-state index in [1.165, 1.54) is 5.56 Å². The largest absolute Gasteiger partial charge is 0.380 e. The van der Waals surface area contributed by atoms with Crippen molar-refractivity contribution in [1.82, 2.24) is 15.5 Å². The Bertz CT molecular complexity index is 578. The number of benzene rings is 1. The summed E-state index contributed by atoms with van der Waals surface area (Å²) < 4.78 is 5.31. The van der Waals surface area contributed by atoms with Crippen LogP contribution < -0.4 is 10.6 Å². The number of aliphatic imine (C=N–C) groups is 1. The van der Waals surface area contributed by atoms with Gasteiger partial charge in [-0.3, -0.25) is 9.89 Å². The van der Waals surface area contributed by atoms with Crippen molar-refractivity contribution in [2.45, 2.75) is 32.4 Å². The van der Waals surface area contributed by atoms with Crippen LogP contribution in [0.15, 0.2) is 29.3 Å². The fraction of sp³-hybridized carbons (Fsp3) is 0.632. The molecule has 0 aromatic heterocycles. The highest BCUT2D eigenvalue weighted by atomic mass is 35.5. The summed E-state index contributed by atoms with van der Waals surface area (Å²) in [7, 11) is 1.84. The van der Waals surface area contributed by atoms with Gasteiger partial charge in [0, 0.05) is 49.7 Å². The van der Waals surface area contributed by atoms with Crippen molar-refractivity contribution in [2.24, 2.45) is 10.4 Å². The lowest BCUT2D eigenvalue weighted by atomic mass is 9.89. The molecule has 25 heavy (non-hydrogen) atoms. The molecule has 0 radical (unpaired) electrons. The van der Waals surface area contributed by atoms with Gasteiger partial charge in [0.1, 0.15) is 0 Å². The highest BCUT2D eigenvalue weighted by Gasteiger charge is 2.33. The van der Waals surface area contributed by atoms with Crippen LogP contribution in [0, 0.1) is 5.41 Å². The second kappa shape index (κ2) is 8.39. The van der Waals surface area contributed by atoms with E-state index in [-0.39, 0.29) is 5.41 Å². The molecule has 5 nitrogen and oxygen atoms in total. The molecule has 2 N–H and O–H groups in total. The van der Waals surface area contributed by atoms with Gasteiger partial charge in [-0.05, 0) is 30.5 Å². The van der Waals surface area contributed by atoms with Crippen LogP contribution >= 0.6 is 11.6 Å². The standard InChI is InChI=1S/C19H29ClN4O/c1-19(13-25-14-19)12-22-18(21-2)23-17-7-9-24(10-8-17)11-15-3-5-16(20)6-4-15/h3-6,17H,7-14H2,1-2H3,(H2,21,22,23). The lowest BCUT2D eigenvalue weighted by Crippen LogP contribution is -2.53. The van der Waals surface area contributed by atoms with E-state index in [9.17, 15) is 0 Å². The van der Waals surface area contributed by atoms with Crippen LogP contribution in [0.1, 0.15) is 25.3 Å². The lowest BCUT2D eigenvalue weighted by Gasteiger charge is -2.39. The highest BCUT2D eigenvalue weighted by molar-refractivity contribution is 6.30. The quantitative estimate of drug-likeness (QED) is 0.622. The summed E-state index contributed by atoms with van der Waals surface area (Å²) >= 11 is 5.96. The van der Waals surface area contributed by atoms with E-state index in [2.05, 4.69) is 39.6 Å². The Morgan fingerprint density at radius 2 is 1.96 bits per heavy atom. The summed E-state index contributed by atoms with van der Waals surface area (Å²) in [6, 6.07) is 8.65. The number of rotatable bonds is 5. The molecule has 1 aromatic rings. The van der Waals surface area contributed by atoms with Crippen molar-refractivity contribution in [3.8, 4) is 0 Å². The second-order valence-corrected chi connectivity index (χ2v) is 7.99. The molecule has 2 fully saturated rings. The van der Waals surface area contributed by atoms with E-state index in [4.69, 9.17) is 16.3 Å². The first kappa shape index (κ1) is 18.5. The molecule has 2 saturated heterocycles. The maximum absolute atomic E-state index is 5.96. The van der Waals surface area contributed by atoms with Gasteiger partial charge in [0.25, 0.3) is 0 Å². The third-order valence-corrected chi connectivity index (χ3v) is 5.31. The molecule has 0 amide bonds. The van der Waals surface area contributed by atoms with Crippen LogP contribution in [-0.2, 0) is 11.3 Å². The van der Waals surface area contributed by atoms with Crippen LogP contribution in [0.25, 0.3) is 0 Å². The van der Waals surface area contributed by atoms with Gasteiger partial charge in [-0.1, -0.05) is 30.7 Å². The predicted octanol–water partition coefficient (Wildman–Crippen LogP) is 2.51. The zero-order valence-corrected chi connectivity index (χ0v) is 16.0. The Morgan fingerprint density at radius 3 is 2.52 bits per heavy atom. The van der Waals surface area contributed by atoms with Crippen molar-refractivity contribution >= 4 is 17.6 Å². The number of hydrogen-bond donors (Lipinski definition) is 2. The molecule has 2 aliphatic heterocycles. The summed E-state index contributed by atoms with van der Waals surface area (Å²) in [6.45, 7) is 8.01. The first-order chi connectivity index (χ1) is 12.1. The molecule has 0 unspecified atom stereocenters. The smallest absolute Gasteiger partial charge is 0.191 e. The highest BCUT2D eigenvalue weighted by Crippen LogP contribution is 2.25. The van der Waals surface area contributed by atoms with E-state index in [1.807, 2.05) is 19.2 Å². The van der Waals surface area contributed by atoms with Crippen molar-refractivity contribution in [1.29, 1.82) is 0 Å². The predicted molar refractivity (Wildman–Crippen MR) is 103 cm³/mol. The zero-order chi connectivity index (χ0) is 17.7. The Hall–Kier alpha value is -1.30. The van der Waals surface area contributed by atoms with Gasteiger partial charge in [0.2, 0.25) is 0 Å². The van der Waals surface area contributed by atoms with E-state index >= 15 is 0 Å². The maximum atomic E-state index is 5.96. The van der Waals surface area contributed by atoms with E-state index in [1.54, 1.807) is 0 Å². The first-order valence-electron chi connectivity index (χ1n) is 9.08. The maximum Gasteiger partial charge on any atom is 0.191 e. The summed E-state index contributed by atoms with van der Waals surface area (Å²) in [4.78, 5) is 6.87. The van der Waals surface area contributed by atoms with Crippen LogP contribution in [-0.4, -0.2) is 56.8 Å². The molecule has 3 rings (SSSR count). The van der Waals surface area contributed by atoms with Gasteiger partial charge in [0.15, 0.2) is 5.96 Å². The summed E-state index contributed by atoms with van der Waals surface area (Å²) in [5, 5.41) is 7.82. The fourth-order valence-corrected chi connectivity index (χ4v) is 3.45. The monoisotopic (exact) mass is 364 g/mol. The lowest BCUT2D eigenvalue weighted by molar-refractivity contribution is -0.0971. The molecule has 0 bridgehead atoms. The number of guanidine groups is 1. The molecule has 2 aliphatic rings. The number of likely N-dealkylation sites (tertiary alicyclic amines) is 1. The van der Waals surface area contributed by atoms with E-state index in [0.29, 0.717) is 6.04 Å². The summed E-state index contributed by atoms with van der Waals surface area (Å²) in [5.74, 6) is 0.907. The van der Waals surface area contributed by atoms with Crippen molar-refractivity contribution in [2.75, 3.05) is 39.9 Å². The van der Waals surface area contributed by atoms with E-state index < -0.39 is 0 Å². The zero-order valence-electron chi connectivity index (χ0n) is 15.2. The van der Waals surface area contributed by atoms with Crippen LogP contribution in [0.3, 0.4) is 0 Å². The minimum atomic E-state index is 0.250. The summed E-state index contributed by atoms with van der Waals surface area (Å²) in [5.41, 5.74) is 1.57. The first-order valence-corrected chi connectivity index (χ1v) is 9.46. The number of piperidine rings is 1. The number of halogens is 1. The molecule has 2 heterocycles. The molecular formula is C19H29ClN4O.